The molecule has 0 saturated carbocycles. The number of hydrogen-bond acceptors (Lipinski definition) is 3. The minimum atomic E-state index is -1.01. The number of hydrogen-bond donors (Lipinski definition) is 0. The molecule has 0 bridgehead atoms. The van der Waals surface area contributed by atoms with Gasteiger partial charge in [-0.1, -0.05) is 6.07 Å². The van der Waals surface area contributed by atoms with Gasteiger partial charge in [-0.15, -0.1) is 0 Å². The molecule has 4 nitrogen and oxygen atoms in total. The molecule has 6 heteroatoms. The van der Waals surface area contributed by atoms with Crippen molar-refractivity contribution < 1.29 is 23.0 Å². The first-order chi connectivity index (χ1) is 12.6. The minimum absolute atomic E-state index is 0.118. The number of carbonyl (C=O) groups excluding carboxylic acids is 1. The molecule has 0 spiro atoms. The van der Waals surface area contributed by atoms with Crippen LogP contribution in [0.5, 0.6) is 11.5 Å². The highest BCUT2D eigenvalue weighted by atomic mass is 19.2. The average molecular weight is 359 g/mol. The summed E-state index contributed by atoms with van der Waals surface area (Å²) >= 11 is 0. The summed E-state index contributed by atoms with van der Waals surface area (Å²) in [4.78, 5) is 14.5. The van der Waals surface area contributed by atoms with Gasteiger partial charge in [0.1, 0.15) is 0 Å². The van der Waals surface area contributed by atoms with Crippen LogP contribution >= 0.6 is 0 Å². The fourth-order valence-corrected chi connectivity index (χ4v) is 3.54. The third kappa shape index (κ3) is 3.11. The van der Waals surface area contributed by atoms with Crippen LogP contribution in [0.1, 0.15) is 41.2 Å². The summed E-state index contributed by atoms with van der Waals surface area (Å²) in [5.74, 6) is -0.863. The Balaban J connectivity index is 1.61. The quantitative estimate of drug-likeness (QED) is 0.810. The summed E-state index contributed by atoms with van der Waals surface area (Å²) in [5, 5.41) is 0. The third-order valence-corrected chi connectivity index (χ3v) is 4.84. The lowest BCUT2D eigenvalue weighted by atomic mass is 10.0. The van der Waals surface area contributed by atoms with Gasteiger partial charge >= 0.3 is 0 Å². The smallest absolute Gasteiger partial charge is 0.254 e. The summed E-state index contributed by atoms with van der Waals surface area (Å²) in [7, 11) is 0. The van der Waals surface area contributed by atoms with Crippen LogP contribution in [0.3, 0.4) is 0 Å². The van der Waals surface area contributed by atoms with E-state index < -0.39 is 11.6 Å². The molecular formula is C20H19F2NO3. The molecule has 0 N–H and O–H groups in total. The third-order valence-electron chi connectivity index (χ3n) is 4.84. The Bertz CT molecular complexity index is 840. The predicted octanol–water partition coefficient (Wildman–Crippen LogP) is 4.10. The van der Waals surface area contributed by atoms with Gasteiger partial charge in [0.15, 0.2) is 23.1 Å². The van der Waals surface area contributed by atoms with Crippen LogP contribution < -0.4 is 9.47 Å². The van der Waals surface area contributed by atoms with Crippen LogP contribution in [0.2, 0.25) is 0 Å². The monoisotopic (exact) mass is 359 g/mol. The highest BCUT2D eigenvalue weighted by molar-refractivity contribution is 5.94. The van der Waals surface area contributed by atoms with Gasteiger partial charge in [-0.25, -0.2) is 8.78 Å². The van der Waals surface area contributed by atoms with Crippen molar-refractivity contribution in [3.05, 3.63) is 59.2 Å². The minimum Gasteiger partial charge on any atom is -0.490 e. The number of likely N-dealkylation sites (tertiary alicyclic amines) is 1. The SMILES string of the molecule is O=C(c1ccc(F)c(F)c1)N1CCC[C@@H]1c1ccc2c(c1)OCCCO2. The highest BCUT2D eigenvalue weighted by Crippen LogP contribution is 2.38. The van der Waals surface area contributed by atoms with Gasteiger partial charge < -0.3 is 14.4 Å². The molecular weight excluding hydrogens is 340 g/mol. The van der Waals surface area contributed by atoms with Crippen molar-refractivity contribution in [3.63, 3.8) is 0 Å². The van der Waals surface area contributed by atoms with E-state index >= 15 is 0 Å². The first kappa shape index (κ1) is 16.8. The molecule has 2 heterocycles. The highest BCUT2D eigenvalue weighted by Gasteiger charge is 2.31. The zero-order valence-corrected chi connectivity index (χ0v) is 14.2. The van der Waals surface area contributed by atoms with Crippen molar-refractivity contribution >= 4 is 5.91 Å². The first-order valence-corrected chi connectivity index (χ1v) is 8.79. The van der Waals surface area contributed by atoms with Gasteiger partial charge in [0.25, 0.3) is 5.91 Å². The maximum Gasteiger partial charge on any atom is 0.254 e. The molecule has 2 aromatic rings. The number of nitrogens with zero attached hydrogens (tertiary/aromatic N) is 1. The van der Waals surface area contributed by atoms with E-state index in [1.807, 2.05) is 18.2 Å². The van der Waals surface area contributed by atoms with E-state index in [1.54, 1.807) is 4.90 Å². The standard InChI is InChI=1S/C20H19F2NO3/c21-15-6-4-14(11-16(15)22)20(24)23-8-1-3-17(23)13-5-7-18-19(12-13)26-10-2-9-25-18/h4-7,11-12,17H,1-3,8-10H2/t17-/m1/s1. The maximum absolute atomic E-state index is 13.5. The van der Waals surface area contributed by atoms with Crippen LogP contribution in [-0.2, 0) is 0 Å². The summed E-state index contributed by atoms with van der Waals surface area (Å²) in [5.41, 5.74) is 1.12. The van der Waals surface area contributed by atoms with E-state index in [4.69, 9.17) is 9.47 Å². The molecule has 2 aliphatic heterocycles. The molecule has 2 aliphatic rings. The second-order valence-corrected chi connectivity index (χ2v) is 6.54. The first-order valence-electron chi connectivity index (χ1n) is 8.79. The Morgan fingerprint density at radius 1 is 0.962 bits per heavy atom. The molecule has 4 rings (SSSR count). The lowest BCUT2D eigenvalue weighted by Gasteiger charge is -2.26. The van der Waals surface area contributed by atoms with Gasteiger partial charge in [0.05, 0.1) is 19.3 Å². The van der Waals surface area contributed by atoms with Crippen LogP contribution in [0, 0.1) is 11.6 Å². The second kappa shape index (κ2) is 6.94. The van der Waals surface area contributed by atoms with E-state index in [1.165, 1.54) is 6.07 Å². The lowest BCUT2D eigenvalue weighted by molar-refractivity contribution is 0.0735. The molecule has 2 aromatic carbocycles. The Morgan fingerprint density at radius 3 is 2.58 bits per heavy atom. The number of fused-ring (bicyclic) bond motifs is 1. The van der Waals surface area contributed by atoms with Crippen molar-refractivity contribution in [2.24, 2.45) is 0 Å². The zero-order chi connectivity index (χ0) is 18.1. The Morgan fingerprint density at radius 2 is 1.77 bits per heavy atom. The van der Waals surface area contributed by atoms with Crippen molar-refractivity contribution in [2.75, 3.05) is 19.8 Å². The molecule has 26 heavy (non-hydrogen) atoms. The molecule has 0 radical (unpaired) electrons. The van der Waals surface area contributed by atoms with Crippen LogP contribution in [0.4, 0.5) is 8.78 Å². The summed E-state index contributed by atoms with van der Waals surface area (Å²) in [6, 6.07) is 8.88. The predicted molar refractivity (Wildman–Crippen MR) is 91.4 cm³/mol. The number of amides is 1. The van der Waals surface area contributed by atoms with Crippen LogP contribution in [0.15, 0.2) is 36.4 Å². The number of carbonyl (C=O) groups is 1. The molecule has 1 fully saturated rings. The van der Waals surface area contributed by atoms with Gasteiger partial charge in [-0.3, -0.25) is 4.79 Å². The summed E-state index contributed by atoms with van der Waals surface area (Å²) < 4.78 is 38.0. The Labute approximate surface area is 150 Å². The van der Waals surface area contributed by atoms with E-state index in [2.05, 4.69) is 0 Å². The number of halogens is 2. The van der Waals surface area contributed by atoms with Gasteiger partial charge in [-0.2, -0.15) is 0 Å². The molecule has 1 saturated heterocycles. The molecule has 1 atom stereocenters. The zero-order valence-electron chi connectivity index (χ0n) is 14.2. The maximum atomic E-state index is 13.5. The van der Waals surface area contributed by atoms with Gasteiger partial charge in [0.2, 0.25) is 0 Å². The topological polar surface area (TPSA) is 38.8 Å². The van der Waals surface area contributed by atoms with Crippen molar-refractivity contribution in [1.29, 1.82) is 0 Å². The normalized spacial score (nSPS) is 19.3. The molecule has 0 aromatic heterocycles. The molecule has 136 valence electrons. The Hall–Kier alpha value is -2.63. The van der Waals surface area contributed by atoms with E-state index in [9.17, 15) is 13.6 Å². The average Bonchev–Trinajstić information content (AvgIpc) is 3.02. The number of ether oxygens (including phenoxy) is 2. The van der Waals surface area contributed by atoms with Crippen molar-refractivity contribution in [3.8, 4) is 11.5 Å². The van der Waals surface area contributed by atoms with Gasteiger partial charge in [0, 0.05) is 18.5 Å². The van der Waals surface area contributed by atoms with Crippen LogP contribution in [0.25, 0.3) is 0 Å². The van der Waals surface area contributed by atoms with E-state index in [-0.39, 0.29) is 17.5 Å². The largest absolute Gasteiger partial charge is 0.490 e. The number of rotatable bonds is 2. The van der Waals surface area contributed by atoms with Crippen molar-refractivity contribution in [2.45, 2.75) is 25.3 Å². The van der Waals surface area contributed by atoms with E-state index in [0.717, 1.165) is 37.0 Å². The number of benzene rings is 2. The Kier molecular flexibility index (Phi) is 4.49. The lowest BCUT2D eigenvalue weighted by Crippen LogP contribution is -2.30. The van der Waals surface area contributed by atoms with E-state index in [0.29, 0.717) is 31.3 Å². The molecule has 0 aliphatic carbocycles. The fraction of sp³-hybridized carbons (Fsp3) is 0.350. The molecule has 0 unspecified atom stereocenters. The summed E-state index contributed by atoms with van der Waals surface area (Å²) in [6.07, 6.45) is 2.50. The second-order valence-electron chi connectivity index (χ2n) is 6.54. The summed E-state index contributed by atoms with van der Waals surface area (Å²) in [6.45, 7) is 1.80. The van der Waals surface area contributed by atoms with Crippen LogP contribution in [-0.4, -0.2) is 30.6 Å². The fourth-order valence-electron chi connectivity index (χ4n) is 3.54. The van der Waals surface area contributed by atoms with Gasteiger partial charge in [-0.05, 0) is 48.7 Å². The molecule has 1 amide bonds. The van der Waals surface area contributed by atoms with Crippen molar-refractivity contribution in [1.82, 2.24) is 4.90 Å².